The van der Waals surface area contributed by atoms with Gasteiger partial charge in [-0.15, -0.1) is 0 Å². The molecule has 27 heavy (non-hydrogen) atoms. The maximum absolute atomic E-state index is 13.3. The van der Waals surface area contributed by atoms with Crippen LogP contribution in [0.5, 0.6) is 11.5 Å². The van der Waals surface area contributed by atoms with Gasteiger partial charge in [0, 0.05) is 12.6 Å². The lowest BCUT2D eigenvalue weighted by atomic mass is 10.0. The standard InChI is InChI=1S/C21H23F2NO3/c1-3-26-16-8-6-15(7-9-16)20-5-4-12-24(20)21(25)14(2)27-17-10-11-18(22)19(23)13-17/h6-11,13-14,20H,3-5,12H2,1-2H3. The van der Waals surface area contributed by atoms with Crippen LogP contribution in [-0.4, -0.2) is 30.1 Å². The summed E-state index contributed by atoms with van der Waals surface area (Å²) in [7, 11) is 0. The van der Waals surface area contributed by atoms with E-state index >= 15 is 0 Å². The van der Waals surface area contributed by atoms with Gasteiger partial charge in [-0.25, -0.2) is 8.78 Å². The van der Waals surface area contributed by atoms with E-state index in [1.54, 1.807) is 11.8 Å². The van der Waals surface area contributed by atoms with Crippen LogP contribution in [0, 0.1) is 11.6 Å². The predicted molar refractivity (Wildman–Crippen MR) is 97.7 cm³/mol. The van der Waals surface area contributed by atoms with Gasteiger partial charge in [0.2, 0.25) is 0 Å². The van der Waals surface area contributed by atoms with Gasteiger partial charge in [-0.05, 0) is 56.5 Å². The summed E-state index contributed by atoms with van der Waals surface area (Å²) in [5.41, 5.74) is 1.05. The van der Waals surface area contributed by atoms with Gasteiger partial charge in [0.25, 0.3) is 5.91 Å². The van der Waals surface area contributed by atoms with E-state index in [0.717, 1.165) is 36.3 Å². The summed E-state index contributed by atoms with van der Waals surface area (Å²) in [6, 6.07) is 11.0. The van der Waals surface area contributed by atoms with Crippen LogP contribution in [0.4, 0.5) is 8.78 Å². The van der Waals surface area contributed by atoms with E-state index in [1.807, 2.05) is 31.2 Å². The van der Waals surface area contributed by atoms with Gasteiger partial charge in [-0.1, -0.05) is 12.1 Å². The highest BCUT2D eigenvalue weighted by Crippen LogP contribution is 2.33. The van der Waals surface area contributed by atoms with Gasteiger partial charge in [-0.2, -0.15) is 0 Å². The summed E-state index contributed by atoms with van der Waals surface area (Å²) in [5.74, 6) is -1.19. The van der Waals surface area contributed by atoms with E-state index in [9.17, 15) is 13.6 Å². The van der Waals surface area contributed by atoms with Crippen molar-refractivity contribution >= 4 is 5.91 Å². The molecule has 0 N–H and O–H groups in total. The number of likely N-dealkylation sites (tertiary alicyclic amines) is 1. The molecule has 0 radical (unpaired) electrons. The molecule has 0 bridgehead atoms. The number of benzene rings is 2. The minimum atomic E-state index is -0.999. The van der Waals surface area contributed by atoms with Gasteiger partial charge < -0.3 is 14.4 Å². The van der Waals surface area contributed by atoms with Crippen molar-refractivity contribution in [1.82, 2.24) is 4.90 Å². The number of hydrogen-bond donors (Lipinski definition) is 0. The highest BCUT2D eigenvalue weighted by molar-refractivity contribution is 5.81. The Morgan fingerprint density at radius 3 is 2.52 bits per heavy atom. The second-order valence-electron chi connectivity index (χ2n) is 6.53. The molecule has 1 fully saturated rings. The lowest BCUT2D eigenvalue weighted by Crippen LogP contribution is -2.40. The summed E-state index contributed by atoms with van der Waals surface area (Å²) in [6.45, 7) is 4.80. The van der Waals surface area contributed by atoms with Crippen LogP contribution in [-0.2, 0) is 4.79 Å². The highest BCUT2D eigenvalue weighted by atomic mass is 19.2. The second kappa shape index (κ2) is 8.37. The Hall–Kier alpha value is -2.63. The average molecular weight is 375 g/mol. The number of amides is 1. The van der Waals surface area contributed by atoms with Crippen LogP contribution in [0.15, 0.2) is 42.5 Å². The summed E-state index contributed by atoms with van der Waals surface area (Å²) >= 11 is 0. The molecular formula is C21H23F2NO3. The number of carbonyl (C=O) groups excluding carboxylic acids is 1. The van der Waals surface area contributed by atoms with Crippen molar-refractivity contribution in [2.45, 2.75) is 38.8 Å². The topological polar surface area (TPSA) is 38.8 Å². The first-order valence-corrected chi connectivity index (χ1v) is 9.14. The maximum atomic E-state index is 13.3. The summed E-state index contributed by atoms with van der Waals surface area (Å²) < 4.78 is 37.4. The monoisotopic (exact) mass is 375 g/mol. The first kappa shape index (κ1) is 19.1. The van der Waals surface area contributed by atoms with E-state index in [2.05, 4.69) is 0 Å². The largest absolute Gasteiger partial charge is 0.494 e. The number of rotatable bonds is 6. The maximum Gasteiger partial charge on any atom is 0.263 e. The zero-order valence-corrected chi connectivity index (χ0v) is 15.5. The number of halogens is 2. The van der Waals surface area contributed by atoms with Gasteiger partial charge >= 0.3 is 0 Å². The minimum absolute atomic E-state index is 0.0239. The lowest BCUT2D eigenvalue weighted by Gasteiger charge is -2.28. The van der Waals surface area contributed by atoms with Crippen LogP contribution < -0.4 is 9.47 Å². The fourth-order valence-corrected chi connectivity index (χ4v) is 3.37. The molecular weight excluding hydrogens is 352 g/mol. The Morgan fingerprint density at radius 1 is 1.15 bits per heavy atom. The van der Waals surface area contributed by atoms with Crippen molar-refractivity contribution < 1.29 is 23.0 Å². The van der Waals surface area contributed by atoms with Crippen molar-refractivity contribution in [3.05, 3.63) is 59.7 Å². The molecule has 2 atom stereocenters. The summed E-state index contributed by atoms with van der Waals surface area (Å²) in [5, 5.41) is 0. The Bertz CT molecular complexity index is 795. The van der Waals surface area contributed by atoms with Crippen LogP contribution in [0.25, 0.3) is 0 Å². The third-order valence-corrected chi connectivity index (χ3v) is 4.66. The fraction of sp³-hybridized carbons (Fsp3) is 0.381. The van der Waals surface area contributed by atoms with Gasteiger partial charge in [-0.3, -0.25) is 4.79 Å². The van der Waals surface area contributed by atoms with Crippen molar-refractivity contribution in [3.63, 3.8) is 0 Å². The second-order valence-corrected chi connectivity index (χ2v) is 6.53. The summed E-state index contributed by atoms with van der Waals surface area (Å²) in [6.07, 6.45) is 0.984. The SMILES string of the molecule is CCOc1ccc(C2CCCN2C(=O)C(C)Oc2ccc(F)c(F)c2)cc1. The Kier molecular flexibility index (Phi) is 5.94. The zero-order valence-electron chi connectivity index (χ0n) is 15.5. The van der Waals surface area contributed by atoms with Crippen molar-refractivity contribution in [1.29, 1.82) is 0 Å². The average Bonchev–Trinajstić information content (AvgIpc) is 3.14. The van der Waals surface area contributed by atoms with Crippen LogP contribution in [0.2, 0.25) is 0 Å². The molecule has 6 heteroatoms. The van der Waals surface area contributed by atoms with E-state index in [4.69, 9.17) is 9.47 Å². The molecule has 1 aliphatic rings. The summed E-state index contributed by atoms with van der Waals surface area (Å²) in [4.78, 5) is 14.7. The molecule has 2 unspecified atom stereocenters. The molecule has 144 valence electrons. The molecule has 2 aromatic carbocycles. The number of nitrogens with zero attached hydrogens (tertiary/aromatic N) is 1. The first-order valence-electron chi connectivity index (χ1n) is 9.14. The van der Waals surface area contributed by atoms with Crippen molar-refractivity contribution in [3.8, 4) is 11.5 Å². The van der Waals surface area contributed by atoms with E-state index in [0.29, 0.717) is 13.2 Å². The molecule has 0 aliphatic carbocycles. The fourth-order valence-electron chi connectivity index (χ4n) is 3.37. The normalized spacial score (nSPS) is 17.6. The molecule has 3 rings (SSSR count). The Labute approximate surface area is 157 Å². The Balaban J connectivity index is 1.69. The molecule has 1 saturated heterocycles. The highest BCUT2D eigenvalue weighted by Gasteiger charge is 2.33. The van der Waals surface area contributed by atoms with E-state index in [1.165, 1.54) is 6.07 Å². The predicted octanol–water partition coefficient (Wildman–Crippen LogP) is 4.49. The van der Waals surface area contributed by atoms with Gasteiger partial charge in [0.1, 0.15) is 11.5 Å². The molecule has 2 aromatic rings. The van der Waals surface area contributed by atoms with Crippen molar-refractivity contribution in [2.24, 2.45) is 0 Å². The third kappa shape index (κ3) is 4.38. The van der Waals surface area contributed by atoms with Crippen molar-refractivity contribution in [2.75, 3.05) is 13.2 Å². The first-order chi connectivity index (χ1) is 13.0. The number of carbonyl (C=O) groups is 1. The quantitative estimate of drug-likeness (QED) is 0.747. The smallest absolute Gasteiger partial charge is 0.263 e. The number of ether oxygens (including phenoxy) is 2. The minimum Gasteiger partial charge on any atom is -0.494 e. The molecule has 1 heterocycles. The lowest BCUT2D eigenvalue weighted by molar-refractivity contribution is -0.138. The molecule has 4 nitrogen and oxygen atoms in total. The van der Waals surface area contributed by atoms with Crippen LogP contribution in [0.3, 0.4) is 0 Å². The van der Waals surface area contributed by atoms with Crippen LogP contribution >= 0.6 is 0 Å². The molecule has 0 aromatic heterocycles. The van der Waals surface area contributed by atoms with Crippen LogP contribution in [0.1, 0.15) is 38.3 Å². The molecule has 0 saturated carbocycles. The molecule has 0 spiro atoms. The molecule has 1 amide bonds. The Morgan fingerprint density at radius 2 is 1.85 bits per heavy atom. The van der Waals surface area contributed by atoms with E-state index < -0.39 is 17.7 Å². The zero-order chi connectivity index (χ0) is 19.4. The van der Waals surface area contributed by atoms with Gasteiger partial charge in [0.15, 0.2) is 17.7 Å². The third-order valence-electron chi connectivity index (χ3n) is 4.66. The molecule has 1 aliphatic heterocycles. The number of hydrogen-bond acceptors (Lipinski definition) is 3. The van der Waals surface area contributed by atoms with Gasteiger partial charge in [0.05, 0.1) is 12.6 Å². The van der Waals surface area contributed by atoms with E-state index in [-0.39, 0.29) is 17.7 Å².